The number of carbonyl (C=O) groups is 2. The maximum atomic E-state index is 11.1. The Labute approximate surface area is 87.8 Å². The topological polar surface area (TPSA) is 102 Å². The van der Waals surface area contributed by atoms with E-state index in [1.807, 2.05) is 0 Å². The lowest BCUT2D eigenvalue weighted by Crippen LogP contribution is -2.56. The second-order valence-corrected chi connectivity index (χ2v) is 3.64. The first kappa shape index (κ1) is 11.9. The molecule has 86 valence electrons. The Morgan fingerprint density at radius 1 is 1.40 bits per heavy atom. The number of carbonyl (C=O) groups excluding carboxylic acids is 1. The molecule has 0 atom stereocenters. The summed E-state index contributed by atoms with van der Waals surface area (Å²) in [4.78, 5) is 21.6. The molecule has 1 aliphatic heterocycles. The third-order valence-corrected chi connectivity index (χ3v) is 2.59. The van der Waals surface area contributed by atoms with Gasteiger partial charge >= 0.3 is 5.97 Å². The molecule has 1 rings (SSSR count). The molecule has 0 aromatic carbocycles. The predicted octanol–water partition coefficient (Wildman–Crippen LogP) is -0.915. The molecule has 0 unspecified atom stereocenters. The zero-order valence-electron chi connectivity index (χ0n) is 8.49. The summed E-state index contributed by atoms with van der Waals surface area (Å²) in [5, 5.41) is 12.0. The van der Waals surface area contributed by atoms with Gasteiger partial charge in [-0.3, -0.25) is 9.59 Å². The predicted molar refractivity (Wildman–Crippen MR) is 52.2 cm³/mol. The number of aliphatic carboxylic acids is 1. The van der Waals surface area contributed by atoms with E-state index in [4.69, 9.17) is 15.6 Å². The monoisotopic (exact) mass is 216 g/mol. The van der Waals surface area contributed by atoms with Gasteiger partial charge in [0.15, 0.2) is 0 Å². The van der Waals surface area contributed by atoms with Gasteiger partial charge in [-0.15, -0.1) is 0 Å². The highest BCUT2D eigenvalue weighted by atomic mass is 16.5. The minimum absolute atomic E-state index is 0.149. The van der Waals surface area contributed by atoms with Crippen LogP contribution in [0.25, 0.3) is 0 Å². The first-order chi connectivity index (χ1) is 7.07. The molecule has 0 aromatic heterocycles. The minimum atomic E-state index is -0.951. The summed E-state index contributed by atoms with van der Waals surface area (Å²) in [7, 11) is 0. The van der Waals surface area contributed by atoms with E-state index in [1.54, 1.807) is 0 Å². The zero-order chi connectivity index (χ0) is 11.3. The van der Waals surface area contributed by atoms with Crippen molar-refractivity contribution in [2.75, 3.05) is 19.8 Å². The molecule has 1 amide bonds. The van der Waals surface area contributed by atoms with Crippen LogP contribution in [0.3, 0.4) is 0 Å². The largest absolute Gasteiger partial charge is 0.480 e. The van der Waals surface area contributed by atoms with Crippen molar-refractivity contribution in [1.29, 1.82) is 0 Å². The highest BCUT2D eigenvalue weighted by molar-refractivity contribution is 5.79. The van der Waals surface area contributed by atoms with Crippen molar-refractivity contribution in [3.8, 4) is 0 Å². The van der Waals surface area contributed by atoms with E-state index in [9.17, 15) is 9.59 Å². The lowest BCUT2D eigenvalue weighted by molar-refractivity contribution is -0.149. The standard InChI is InChI=1S/C9H16N2O4/c10-7(12)1-4-11-9(8(13)14)2-5-15-6-3-9/h11H,1-6H2,(H2,10,12)(H,13,14). The lowest BCUT2D eigenvalue weighted by Gasteiger charge is -2.33. The van der Waals surface area contributed by atoms with Gasteiger partial charge in [-0.1, -0.05) is 0 Å². The smallest absolute Gasteiger partial charge is 0.324 e. The fourth-order valence-corrected chi connectivity index (χ4v) is 1.61. The molecule has 1 heterocycles. The molecule has 1 aliphatic rings. The van der Waals surface area contributed by atoms with Crippen LogP contribution < -0.4 is 11.1 Å². The number of primary amides is 1. The van der Waals surface area contributed by atoms with Crippen LogP contribution in [0.4, 0.5) is 0 Å². The normalized spacial score (nSPS) is 19.7. The Kier molecular flexibility index (Phi) is 4.05. The van der Waals surface area contributed by atoms with Gasteiger partial charge in [0.1, 0.15) is 5.54 Å². The van der Waals surface area contributed by atoms with Gasteiger partial charge in [0.2, 0.25) is 5.91 Å². The van der Waals surface area contributed by atoms with Crippen LogP contribution >= 0.6 is 0 Å². The fraction of sp³-hybridized carbons (Fsp3) is 0.778. The fourth-order valence-electron chi connectivity index (χ4n) is 1.61. The second kappa shape index (κ2) is 5.09. The zero-order valence-corrected chi connectivity index (χ0v) is 8.49. The number of hydrogen-bond acceptors (Lipinski definition) is 4. The van der Waals surface area contributed by atoms with Crippen molar-refractivity contribution < 1.29 is 19.4 Å². The molecule has 0 aliphatic carbocycles. The number of nitrogens with one attached hydrogen (secondary N) is 1. The SMILES string of the molecule is NC(=O)CCNC1(C(=O)O)CCOCC1. The number of nitrogens with two attached hydrogens (primary N) is 1. The van der Waals surface area contributed by atoms with Crippen molar-refractivity contribution in [2.45, 2.75) is 24.8 Å². The summed E-state index contributed by atoms with van der Waals surface area (Å²) in [6, 6.07) is 0. The van der Waals surface area contributed by atoms with Crippen LogP contribution in [0.15, 0.2) is 0 Å². The highest BCUT2D eigenvalue weighted by Gasteiger charge is 2.39. The molecule has 0 saturated carbocycles. The molecule has 0 bridgehead atoms. The molecule has 15 heavy (non-hydrogen) atoms. The van der Waals surface area contributed by atoms with Crippen LogP contribution in [-0.2, 0) is 14.3 Å². The van der Waals surface area contributed by atoms with Crippen LogP contribution in [-0.4, -0.2) is 42.3 Å². The molecular weight excluding hydrogens is 200 g/mol. The molecule has 0 radical (unpaired) electrons. The molecule has 1 saturated heterocycles. The van der Waals surface area contributed by atoms with Gasteiger partial charge in [0.25, 0.3) is 0 Å². The summed E-state index contributed by atoms with van der Waals surface area (Å²) < 4.78 is 5.11. The molecule has 1 fully saturated rings. The average Bonchev–Trinajstić information content (AvgIpc) is 2.18. The maximum Gasteiger partial charge on any atom is 0.324 e. The van der Waals surface area contributed by atoms with Gasteiger partial charge in [0.05, 0.1) is 0 Å². The van der Waals surface area contributed by atoms with E-state index in [1.165, 1.54) is 0 Å². The van der Waals surface area contributed by atoms with Gasteiger partial charge in [-0.25, -0.2) is 0 Å². The van der Waals surface area contributed by atoms with Crippen LogP contribution in [0.2, 0.25) is 0 Å². The van der Waals surface area contributed by atoms with Gasteiger partial charge in [0, 0.05) is 26.2 Å². The molecule has 6 heteroatoms. The molecular formula is C9H16N2O4. The van der Waals surface area contributed by atoms with Gasteiger partial charge < -0.3 is 20.9 Å². The average molecular weight is 216 g/mol. The van der Waals surface area contributed by atoms with Crippen molar-refractivity contribution in [3.63, 3.8) is 0 Å². The number of rotatable bonds is 5. The van der Waals surface area contributed by atoms with E-state index < -0.39 is 17.4 Å². The Morgan fingerprint density at radius 3 is 2.47 bits per heavy atom. The van der Waals surface area contributed by atoms with E-state index in [0.717, 1.165) is 0 Å². The summed E-state index contributed by atoms with van der Waals surface area (Å²) >= 11 is 0. The van der Waals surface area contributed by atoms with Crippen molar-refractivity contribution in [3.05, 3.63) is 0 Å². The van der Waals surface area contributed by atoms with Crippen molar-refractivity contribution >= 4 is 11.9 Å². The van der Waals surface area contributed by atoms with Gasteiger partial charge in [-0.05, 0) is 12.8 Å². The summed E-state index contributed by atoms with van der Waals surface area (Å²) in [5.74, 6) is -1.33. The number of hydrogen-bond donors (Lipinski definition) is 3. The Morgan fingerprint density at radius 2 is 2.00 bits per heavy atom. The van der Waals surface area contributed by atoms with E-state index in [-0.39, 0.29) is 6.42 Å². The minimum Gasteiger partial charge on any atom is -0.480 e. The lowest BCUT2D eigenvalue weighted by atomic mass is 9.90. The first-order valence-electron chi connectivity index (χ1n) is 4.91. The third kappa shape index (κ3) is 3.17. The van der Waals surface area contributed by atoms with Crippen LogP contribution in [0.5, 0.6) is 0 Å². The number of carboxylic acid groups (broad SMARTS) is 1. The van der Waals surface area contributed by atoms with E-state index in [2.05, 4.69) is 5.32 Å². The second-order valence-electron chi connectivity index (χ2n) is 3.64. The number of ether oxygens (including phenoxy) is 1. The maximum absolute atomic E-state index is 11.1. The summed E-state index contributed by atoms with van der Waals surface area (Å²) in [6.07, 6.45) is 0.984. The Bertz CT molecular complexity index is 248. The molecule has 6 nitrogen and oxygen atoms in total. The molecule has 0 aromatic rings. The highest BCUT2D eigenvalue weighted by Crippen LogP contribution is 2.20. The summed E-state index contributed by atoms with van der Waals surface area (Å²) in [6.45, 7) is 1.15. The van der Waals surface area contributed by atoms with E-state index >= 15 is 0 Å². The molecule has 4 N–H and O–H groups in total. The number of amides is 1. The molecule has 0 spiro atoms. The summed E-state index contributed by atoms with van der Waals surface area (Å²) in [5.41, 5.74) is 4.03. The van der Waals surface area contributed by atoms with E-state index in [0.29, 0.717) is 32.6 Å². The Balaban J connectivity index is 2.49. The van der Waals surface area contributed by atoms with Crippen molar-refractivity contribution in [1.82, 2.24) is 5.32 Å². The van der Waals surface area contributed by atoms with Crippen molar-refractivity contribution in [2.24, 2.45) is 5.73 Å². The van der Waals surface area contributed by atoms with Gasteiger partial charge in [-0.2, -0.15) is 0 Å². The number of carboxylic acids is 1. The third-order valence-electron chi connectivity index (χ3n) is 2.59. The van der Waals surface area contributed by atoms with Crippen LogP contribution in [0.1, 0.15) is 19.3 Å². The quantitative estimate of drug-likeness (QED) is 0.552. The van der Waals surface area contributed by atoms with Crippen LogP contribution in [0, 0.1) is 0 Å². The first-order valence-corrected chi connectivity index (χ1v) is 4.91. The Hall–Kier alpha value is -1.14.